The molecule has 2 aromatic carbocycles. The summed E-state index contributed by atoms with van der Waals surface area (Å²) in [6, 6.07) is 17.3. The number of carbonyl (C=O) groups excluding carboxylic acids is 2. The minimum absolute atomic E-state index is 0.0164. The van der Waals surface area contributed by atoms with Gasteiger partial charge in [-0.2, -0.15) is 0 Å². The maximum Gasteiger partial charge on any atom is 0.340 e. The van der Waals surface area contributed by atoms with Gasteiger partial charge in [0, 0.05) is 18.0 Å². The summed E-state index contributed by atoms with van der Waals surface area (Å²) in [6.45, 7) is 0.0164. The van der Waals surface area contributed by atoms with Crippen molar-refractivity contribution in [1.82, 2.24) is 20.0 Å². The Labute approximate surface area is 172 Å². The number of rotatable bonds is 7. The second-order valence-electron chi connectivity index (χ2n) is 6.49. The Bertz CT molecular complexity index is 1190. The van der Waals surface area contributed by atoms with Crippen LogP contribution in [0.25, 0.3) is 11.0 Å². The highest BCUT2D eigenvalue weighted by Gasteiger charge is 2.27. The first-order valence-corrected chi connectivity index (χ1v) is 9.23. The van der Waals surface area contributed by atoms with E-state index in [1.165, 1.54) is 13.3 Å². The fraction of sp³-hybridized carbons (Fsp3) is 0.136. The molecule has 0 aliphatic carbocycles. The van der Waals surface area contributed by atoms with E-state index in [4.69, 9.17) is 9.47 Å². The number of hydrogen-bond acceptors (Lipinski definition) is 7. The normalized spacial score (nSPS) is 11.8. The van der Waals surface area contributed by atoms with Gasteiger partial charge in [-0.15, -0.1) is 5.10 Å². The lowest BCUT2D eigenvalue weighted by molar-refractivity contribution is 0.0244. The molecule has 0 fully saturated rings. The zero-order chi connectivity index (χ0) is 20.9. The molecule has 0 aliphatic rings. The van der Waals surface area contributed by atoms with E-state index in [1.54, 1.807) is 47.3 Å². The van der Waals surface area contributed by atoms with Gasteiger partial charge < -0.3 is 9.47 Å². The SMILES string of the molecule is COc1cccc(C(=O)C(Cn2nnc3ccccc32)OC(=O)c2cccnc2)c1. The van der Waals surface area contributed by atoms with E-state index in [1.807, 2.05) is 24.3 Å². The highest BCUT2D eigenvalue weighted by Crippen LogP contribution is 2.18. The van der Waals surface area contributed by atoms with Gasteiger partial charge in [-0.3, -0.25) is 9.78 Å². The van der Waals surface area contributed by atoms with Gasteiger partial charge in [0.2, 0.25) is 5.78 Å². The van der Waals surface area contributed by atoms with Crippen LogP contribution in [0.3, 0.4) is 0 Å². The van der Waals surface area contributed by atoms with Crippen molar-refractivity contribution in [3.63, 3.8) is 0 Å². The molecule has 4 rings (SSSR count). The van der Waals surface area contributed by atoms with Crippen LogP contribution in [0.2, 0.25) is 0 Å². The molecule has 8 heteroatoms. The Hall–Kier alpha value is -4.07. The predicted octanol–water partition coefficient (Wildman–Crippen LogP) is 2.94. The number of Topliss-reactive ketones (excluding diaryl/α,β-unsaturated/α-hetero) is 1. The second-order valence-corrected chi connectivity index (χ2v) is 6.49. The number of esters is 1. The first kappa shape index (κ1) is 19.3. The monoisotopic (exact) mass is 402 g/mol. The Morgan fingerprint density at radius 2 is 1.87 bits per heavy atom. The molecule has 0 bridgehead atoms. The van der Waals surface area contributed by atoms with Crippen molar-refractivity contribution in [2.45, 2.75) is 12.6 Å². The van der Waals surface area contributed by atoms with E-state index in [2.05, 4.69) is 15.3 Å². The molecular formula is C22H18N4O4. The average Bonchev–Trinajstić information content (AvgIpc) is 3.21. The first-order chi connectivity index (χ1) is 14.7. The average molecular weight is 402 g/mol. The summed E-state index contributed by atoms with van der Waals surface area (Å²) >= 11 is 0. The zero-order valence-electron chi connectivity index (χ0n) is 16.1. The lowest BCUT2D eigenvalue weighted by Crippen LogP contribution is -2.32. The van der Waals surface area contributed by atoms with Crippen LogP contribution in [-0.4, -0.2) is 44.9 Å². The van der Waals surface area contributed by atoms with Crippen LogP contribution in [0.4, 0.5) is 0 Å². The predicted molar refractivity (Wildman–Crippen MR) is 108 cm³/mol. The van der Waals surface area contributed by atoms with Gasteiger partial charge in [-0.1, -0.05) is 29.5 Å². The summed E-state index contributed by atoms with van der Waals surface area (Å²) in [5, 5.41) is 8.21. The third-order valence-corrected chi connectivity index (χ3v) is 4.55. The lowest BCUT2D eigenvalue weighted by atomic mass is 10.1. The van der Waals surface area contributed by atoms with Gasteiger partial charge in [-0.05, 0) is 36.4 Å². The minimum atomic E-state index is -1.12. The molecule has 0 radical (unpaired) electrons. The minimum Gasteiger partial charge on any atom is -0.497 e. The molecule has 4 aromatic rings. The highest BCUT2D eigenvalue weighted by atomic mass is 16.5. The van der Waals surface area contributed by atoms with Crippen LogP contribution < -0.4 is 4.74 Å². The lowest BCUT2D eigenvalue weighted by Gasteiger charge is -2.17. The van der Waals surface area contributed by atoms with E-state index >= 15 is 0 Å². The number of methoxy groups -OCH3 is 1. The largest absolute Gasteiger partial charge is 0.497 e. The smallest absolute Gasteiger partial charge is 0.340 e. The summed E-state index contributed by atoms with van der Waals surface area (Å²) in [5.41, 5.74) is 2.04. The van der Waals surface area contributed by atoms with Crippen LogP contribution in [0.1, 0.15) is 20.7 Å². The molecule has 0 saturated heterocycles. The number of ketones is 1. The molecule has 1 unspecified atom stereocenters. The van der Waals surface area contributed by atoms with Crippen molar-refractivity contribution < 1.29 is 19.1 Å². The maximum absolute atomic E-state index is 13.2. The maximum atomic E-state index is 13.2. The molecule has 2 aromatic heterocycles. The van der Waals surface area contributed by atoms with Crippen LogP contribution in [-0.2, 0) is 11.3 Å². The topological polar surface area (TPSA) is 96.2 Å². The molecule has 0 aliphatic heterocycles. The second kappa shape index (κ2) is 8.52. The van der Waals surface area contributed by atoms with E-state index in [-0.39, 0.29) is 17.9 Å². The van der Waals surface area contributed by atoms with Gasteiger partial charge in [0.15, 0.2) is 6.10 Å². The fourth-order valence-corrected chi connectivity index (χ4v) is 3.03. The number of ether oxygens (including phenoxy) is 2. The van der Waals surface area contributed by atoms with Crippen molar-refractivity contribution in [2.24, 2.45) is 0 Å². The molecule has 0 spiro atoms. The summed E-state index contributed by atoms with van der Waals surface area (Å²) < 4.78 is 12.3. The molecule has 0 amide bonds. The van der Waals surface area contributed by atoms with E-state index < -0.39 is 12.1 Å². The van der Waals surface area contributed by atoms with Crippen molar-refractivity contribution in [2.75, 3.05) is 7.11 Å². The molecule has 8 nitrogen and oxygen atoms in total. The number of hydrogen-bond donors (Lipinski definition) is 0. The Kier molecular flexibility index (Phi) is 5.47. The van der Waals surface area contributed by atoms with Crippen LogP contribution >= 0.6 is 0 Å². The highest BCUT2D eigenvalue weighted by molar-refractivity contribution is 6.01. The van der Waals surface area contributed by atoms with Crippen molar-refractivity contribution in [3.8, 4) is 5.75 Å². The van der Waals surface area contributed by atoms with Crippen molar-refractivity contribution >= 4 is 22.8 Å². The third-order valence-electron chi connectivity index (χ3n) is 4.55. The molecule has 1 atom stereocenters. The molecule has 0 N–H and O–H groups in total. The van der Waals surface area contributed by atoms with Gasteiger partial charge in [0.05, 0.1) is 24.7 Å². The Balaban J connectivity index is 1.66. The Morgan fingerprint density at radius 3 is 2.67 bits per heavy atom. The number of pyridine rings is 1. The van der Waals surface area contributed by atoms with E-state index in [0.717, 1.165) is 5.52 Å². The van der Waals surface area contributed by atoms with E-state index in [0.29, 0.717) is 16.8 Å². The molecule has 2 heterocycles. The number of para-hydroxylation sites is 1. The fourth-order valence-electron chi connectivity index (χ4n) is 3.03. The summed E-state index contributed by atoms with van der Waals surface area (Å²) in [5.74, 6) is -0.483. The third kappa shape index (κ3) is 4.02. The van der Waals surface area contributed by atoms with Crippen LogP contribution in [0, 0.1) is 0 Å². The van der Waals surface area contributed by atoms with Crippen molar-refractivity contribution in [3.05, 3.63) is 84.2 Å². The first-order valence-electron chi connectivity index (χ1n) is 9.23. The number of fused-ring (bicyclic) bond motifs is 1. The zero-order valence-corrected chi connectivity index (χ0v) is 16.1. The van der Waals surface area contributed by atoms with Gasteiger partial charge >= 0.3 is 5.97 Å². The van der Waals surface area contributed by atoms with E-state index in [9.17, 15) is 9.59 Å². The molecule has 0 saturated carbocycles. The molecule has 150 valence electrons. The van der Waals surface area contributed by atoms with Gasteiger partial charge in [0.1, 0.15) is 11.3 Å². The van der Waals surface area contributed by atoms with Crippen LogP contribution in [0.15, 0.2) is 73.1 Å². The van der Waals surface area contributed by atoms with Crippen molar-refractivity contribution in [1.29, 1.82) is 0 Å². The van der Waals surface area contributed by atoms with Gasteiger partial charge in [-0.25, -0.2) is 9.48 Å². The Morgan fingerprint density at radius 1 is 1.03 bits per heavy atom. The molecular weight excluding hydrogens is 384 g/mol. The number of nitrogens with zero attached hydrogens (tertiary/aromatic N) is 4. The number of carbonyl (C=O) groups is 2. The number of aromatic nitrogens is 4. The summed E-state index contributed by atoms with van der Waals surface area (Å²) in [7, 11) is 1.52. The molecule has 30 heavy (non-hydrogen) atoms. The summed E-state index contributed by atoms with van der Waals surface area (Å²) in [6.07, 6.45) is 1.83. The van der Waals surface area contributed by atoms with Crippen LogP contribution in [0.5, 0.6) is 5.75 Å². The van der Waals surface area contributed by atoms with Gasteiger partial charge in [0.25, 0.3) is 0 Å². The quantitative estimate of drug-likeness (QED) is 0.346. The summed E-state index contributed by atoms with van der Waals surface area (Å²) in [4.78, 5) is 29.8. The number of benzene rings is 2. The standard InChI is InChI=1S/C22H18N4O4/c1-29-17-8-4-6-15(12-17)21(27)20(30-22(28)16-7-5-11-23-13-16)14-26-19-10-3-2-9-18(19)24-25-26/h2-13,20H,14H2,1H3.